The summed E-state index contributed by atoms with van der Waals surface area (Å²) in [6.45, 7) is 3.55. The number of hydrogen-bond donors (Lipinski definition) is 4. The van der Waals surface area contributed by atoms with Crippen molar-refractivity contribution in [2.45, 2.75) is 20.3 Å². The third-order valence-corrected chi connectivity index (χ3v) is 3.84. The quantitative estimate of drug-likeness (QED) is 0.612. The van der Waals surface area contributed by atoms with Crippen molar-refractivity contribution in [3.05, 3.63) is 53.6 Å². The molecule has 0 aliphatic rings. The van der Waals surface area contributed by atoms with Gasteiger partial charge < -0.3 is 21.7 Å². The van der Waals surface area contributed by atoms with E-state index in [1.54, 1.807) is 49.4 Å². The molecule has 2 aromatic carbocycles. The number of carbonyl (C=O) groups is 3. The second-order valence-electron chi connectivity index (χ2n) is 5.69. The Morgan fingerprint density at radius 1 is 0.885 bits per heavy atom. The lowest BCUT2D eigenvalue weighted by Crippen LogP contribution is -2.24. The highest BCUT2D eigenvalue weighted by atomic mass is 16.2. The van der Waals surface area contributed by atoms with E-state index in [2.05, 4.69) is 16.0 Å². The van der Waals surface area contributed by atoms with E-state index in [0.717, 1.165) is 5.56 Å². The zero-order valence-corrected chi connectivity index (χ0v) is 14.8. The zero-order chi connectivity index (χ0) is 19.1. The number of carbonyl (C=O) groups excluding carboxylic acids is 3. The molecule has 0 aliphatic carbocycles. The molecule has 0 heterocycles. The van der Waals surface area contributed by atoms with Gasteiger partial charge in [0.1, 0.15) is 0 Å². The predicted octanol–water partition coefficient (Wildman–Crippen LogP) is 2.49. The summed E-state index contributed by atoms with van der Waals surface area (Å²) in [5, 5.41) is 8.49. The van der Waals surface area contributed by atoms with Gasteiger partial charge in [0.2, 0.25) is 11.8 Å². The van der Waals surface area contributed by atoms with Gasteiger partial charge in [-0.25, -0.2) is 0 Å². The smallest absolute Gasteiger partial charge is 0.250 e. The van der Waals surface area contributed by atoms with Crippen molar-refractivity contribution in [3.8, 4) is 0 Å². The third-order valence-electron chi connectivity index (χ3n) is 3.84. The fraction of sp³-hybridized carbons (Fsp3) is 0.211. The van der Waals surface area contributed by atoms with Crippen molar-refractivity contribution in [1.82, 2.24) is 0 Å². The number of para-hydroxylation sites is 1. The standard InChI is InChI=1S/C19H22N4O3/c1-3-17(24)22-14-9-6-10-15(12(14)2)23-18(25)11-21-16-8-5-4-7-13(16)19(20)26/h4-10,21H,3,11H2,1-2H3,(H2,20,26)(H,22,24)(H,23,25). The maximum Gasteiger partial charge on any atom is 0.250 e. The number of nitrogens with one attached hydrogen (secondary N) is 3. The maximum absolute atomic E-state index is 12.2. The van der Waals surface area contributed by atoms with Crippen LogP contribution < -0.4 is 21.7 Å². The molecule has 0 aromatic heterocycles. The Morgan fingerprint density at radius 3 is 2.08 bits per heavy atom. The molecule has 3 amide bonds. The van der Waals surface area contributed by atoms with Crippen LogP contribution in [-0.2, 0) is 9.59 Å². The SMILES string of the molecule is CCC(=O)Nc1cccc(NC(=O)CNc2ccccc2C(N)=O)c1C. The molecule has 0 atom stereocenters. The molecule has 0 fully saturated rings. The zero-order valence-electron chi connectivity index (χ0n) is 14.8. The van der Waals surface area contributed by atoms with Gasteiger partial charge in [0.15, 0.2) is 0 Å². The highest BCUT2D eigenvalue weighted by Crippen LogP contribution is 2.23. The molecule has 5 N–H and O–H groups in total. The number of hydrogen-bond acceptors (Lipinski definition) is 4. The van der Waals surface area contributed by atoms with Crippen molar-refractivity contribution in [2.24, 2.45) is 5.73 Å². The van der Waals surface area contributed by atoms with E-state index in [0.29, 0.717) is 29.0 Å². The van der Waals surface area contributed by atoms with Crippen molar-refractivity contribution in [1.29, 1.82) is 0 Å². The molecule has 26 heavy (non-hydrogen) atoms. The summed E-state index contributed by atoms with van der Waals surface area (Å²) in [4.78, 5) is 35.2. The van der Waals surface area contributed by atoms with Crippen LogP contribution in [-0.4, -0.2) is 24.3 Å². The summed E-state index contributed by atoms with van der Waals surface area (Å²) in [5.41, 5.74) is 8.16. The van der Waals surface area contributed by atoms with Gasteiger partial charge in [-0.2, -0.15) is 0 Å². The summed E-state index contributed by atoms with van der Waals surface area (Å²) in [6, 6.07) is 12.0. The highest BCUT2D eigenvalue weighted by Gasteiger charge is 2.11. The molecular formula is C19H22N4O3. The first-order valence-corrected chi connectivity index (χ1v) is 8.24. The van der Waals surface area contributed by atoms with Crippen LogP contribution in [0.5, 0.6) is 0 Å². The van der Waals surface area contributed by atoms with E-state index >= 15 is 0 Å². The molecule has 0 radical (unpaired) electrons. The molecule has 7 heteroatoms. The Hall–Kier alpha value is -3.35. The Labute approximate surface area is 152 Å². The summed E-state index contributed by atoms with van der Waals surface area (Å²) in [5.74, 6) is -0.948. The Bertz CT molecular complexity index is 833. The first kappa shape index (κ1) is 19.0. The molecule has 0 unspecified atom stereocenters. The number of primary amides is 1. The van der Waals surface area contributed by atoms with Gasteiger partial charge >= 0.3 is 0 Å². The fourth-order valence-corrected chi connectivity index (χ4v) is 2.37. The van der Waals surface area contributed by atoms with Crippen molar-refractivity contribution in [2.75, 3.05) is 22.5 Å². The van der Waals surface area contributed by atoms with Crippen LogP contribution in [0.2, 0.25) is 0 Å². The molecule has 2 aromatic rings. The van der Waals surface area contributed by atoms with Crippen molar-refractivity contribution >= 4 is 34.8 Å². The van der Waals surface area contributed by atoms with E-state index in [9.17, 15) is 14.4 Å². The minimum Gasteiger partial charge on any atom is -0.376 e. The van der Waals surface area contributed by atoms with Crippen LogP contribution >= 0.6 is 0 Å². The Balaban J connectivity index is 2.04. The average molecular weight is 354 g/mol. The second kappa shape index (κ2) is 8.66. The normalized spacial score (nSPS) is 10.1. The molecule has 136 valence electrons. The van der Waals surface area contributed by atoms with Gasteiger partial charge in [-0.3, -0.25) is 14.4 Å². The fourth-order valence-electron chi connectivity index (χ4n) is 2.37. The molecule has 0 saturated heterocycles. The lowest BCUT2D eigenvalue weighted by Gasteiger charge is -2.14. The topological polar surface area (TPSA) is 113 Å². The number of rotatable bonds is 7. The summed E-state index contributed by atoms with van der Waals surface area (Å²) in [6.07, 6.45) is 0.374. The largest absolute Gasteiger partial charge is 0.376 e. The Kier molecular flexibility index (Phi) is 6.32. The maximum atomic E-state index is 12.2. The van der Waals surface area contributed by atoms with Crippen LogP contribution in [0.3, 0.4) is 0 Å². The van der Waals surface area contributed by atoms with Crippen LogP contribution in [0.15, 0.2) is 42.5 Å². The van der Waals surface area contributed by atoms with Crippen LogP contribution in [0.1, 0.15) is 29.3 Å². The van der Waals surface area contributed by atoms with Crippen LogP contribution in [0.4, 0.5) is 17.1 Å². The van der Waals surface area contributed by atoms with Crippen molar-refractivity contribution < 1.29 is 14.4 Å². The minimum absolute atomic E-state index is 0.0325. The highest BCUT2D eigenvalue weighted by molar-refractivity contribution is 6.00. The average Bonchev–Trinajstić information content (AvgIpc) is 2.63. The van der Waals surface area contributed by atoms with Gasteiger partial charge in [0.25, 0.3) is 5.91 Å². The van der Waals surface area contributed by atoms with E-state index in [1.807, 2.05) is 6.92 Å². The number of anilines is 3. The molecule has 0 spiro atoms. The van der Waals surface area contributed by atoms with E-state index in [4.69, 9.17) is 5.73 Å². The van der Waals surface area contributed by atoms with Gasteiger partial charge in [0, 0.05) is 23.5 Å². The van der Waals surface area contributed by atoms with Gasteiger partial charge in [-0.15, -0.1) is 0 Å². The molecule has 7 nitrogen and oxygen atoms in total. The molecule has 2 rings (SSSR count). The van der Waals surface area contributed by atoms with E-state index in [-0.39, 0.29) is 18.4 Å². The van der Waals surface area contributed by atoms with E-state index < -0.39 is 5.91 Å². The van der Waals surface area contributed by atoms with Gasteiger partial charge in [-0.1, -0.05) is 25.1 Å². The van der Waals surface area contributed by atoms with Crippen molar-refractivity contribution in [3.63, 3.8) is 0 Å². The first-order valence-electron chi connectivity index (χ1n) is 8.24. The first-order chi connectivity index (χ1) is 12.4. The summed E-state index contributed by atoms with van der Waals surface area (Å²) >= 11 is 0. The minimum atomic E-state index is -0.566. The van der Waals surface area contributed by atoms with Gasteiger partial charge in [0.05, 0.1) is 12.1 Å². The number of benzene rings is 2. The number of amides is 3. The van der Waals surface area contributed by atoms with Gasteiger partial charge in [-0.05, 0) is 36.8 Å². The lowest BCUT2D eigenvalue weighted by atomic mass is 10.1. The third kappa shape index (κ3) is 4.83. The number of nitrogens with two attached hydrogens (primary N) is 1. The molecule has 0 aliphatic heterocycles. The van der Waals surface area contributed by atoms with Crippen LogP contribution in [0.25, 0.3) is 0 Å². The predicted molar refractivity (Wildman–Crippen MR) is 102 cm³/mol. The Morgan fingerprint density at radius 2 is 1.46 bits per heavy atom. The molecule has 0 bridgehead atoms. The molecular weight excluding hydrogens is 332 g/mol. The molecule has 0 saturated carbocycles. The lowest BCUT2D eigenvalue weighted by molar-refractivity contribution is -0.116. The van der Waals surface area contributed by atoms with E-state index in [1.165, 1.54) is 0 Å². The monoisotopic (exact) mass is 354 g/mol. The summed E-state index contributed by atoms with van der Waals surface area (Å²) < 4.78 is 0. The summed E-state index contributed by atoms with van der Waals surface area (Å²) in [7, 11) is 0. The second-order valence-corrected chi connectivity index (χ2v) is 5.69. The van der Waals surface area contributed by atoms with Crippen LogP contribution in [0, 0.1) is 6.92 Å².